The Bertz CT molecular complexity index is 1130. The molecule has 5 nitrogen and oxygen atoms in total. The molecule has 0 aliphatic carbocycles. The van der Waals surface area contributed by atoms with E-state index in [0.717, 1.165) is 22.6 Å². The fourth-order valence-corrected chi connectivity index (χ4v) is 3.74. The lowest BCUT2D eigenvalue weighted by Crippen LogP contribution is -2.30. The highest BCUT2D eigenvalue weighted by Crippen LogP contribution is 2.24. The molecule has 160 valence electrons. The number of nitrogens with zero attached hydrogens (tertiary/aromatic N) is 1. The van der Waals surface area contributed by atoms with Crippen LogP contribution in [0.3, 0.4) is 0 Å². The van der Waals surface area contributed by atoms with Crippen molar-refractivity contribution in [2.24, 2.45) is 5.92 Å². The first kappa shape index (κ1) is 22.5. The number of hydrogen-bond donors (Lipinski definition) is 1. The summed E-state index contributed by atoms with van der Waals surface area (Å²) < 4.78 is 2.00. The second-order valence-corrected chi connectivity index (χ2v) is 8.18. The number of aromatic nitrogens is 1. The number of nitrogens with one attached hydrogen (secondary N) is 1. The average molecular weight is 437 g/mol. The van der Waals surface area contributed by atoms with Crippen LogP contribution in [0, 0.1) is 26.7 Å². The molecule has 0 bridgehead atoms. The number of aryl methyl sites for hydroxylation is 2. The van der Waals surface area contributed by atoms with E-state index < -0.39 is 11.8 Å². The maximum absolute atomic E-state index is 13.1. The van der Waals surface area contributed by atoms with E-state index in [4.69, 9.17) is 11.6 Å². The fourth-order valence-electron chi connectivity index (χ4n) is 3.62. The number of benzene rings is 2. The monoisotopic (exact) mass is 436 g/mol. The van der Waals surface area contributed by atoms with Crippen molar-refractivity contribution in [2.75, 3.05) is 5.32 Å². The molecule has 0 fully saturated rings. The summed E-state index contributed by atoms with van der Waals surface area (Å²) in [4.78, 5) is 37.9. The summed E-state index contributed by atoms with van der Waals surface area (Å²) in [7, 11) is 0. The van der Waals surface area contributed by atoms with Crippen LogP contribution in [0.2, 0.25) is 5.02 Å². The van der Waals surface area contributed by atoms with Gasteiger partial charge in [0.15, 0.2) is 5.78 Å². The van der Waals surface area contributed by atoms with Crippen LogP contribution in [-0.2, 0) is 9.59 Å². The number of hydrogen-bond acceptors (Lipinski definition) is 3. The largest absolute Gasteiger partial charge is 0.325 e. The van der Waals surface area contributed by atoms with E-state index in [0.29, 0.717) is 16.3 Å². The van der Waals surface area contributed by atoms with E-state index in [1.807, 2.05) is 55.7 Å². The van der Waals surface area contributed by atoms with Gasteiger partial charge in [-0.3, -0.25) is 14.4 Å². The highest BCUT2D eigenvalue weighted by Gasteiger charge is 2.28. The van der Waals surface area contributed by atoms with E-state index in [1.165, 1.54) is 6.92 Å². The van der Waals surface area contributed by atoms with Crippen LogP contribution in [0.5, 0.6) is 0 Å². The molecule has 0 unspecified atom stereocenters. The van der Waals surface area contributed by atoms with E-state index in [2.05, 4.69) is 5.32 Å². The maximum Gasteiger partial charge on any atom is 0.235 e. The molecule has 0 saturated carbocycles. The van der Waals surface area contributed by atoms with E-state index in [1.54, 1.807) is 24.3 Å². The van der Waals surface area contributed by atoms with Gasteiger partial charge in [-0.25, -0.2) is 0 Å². The predicted molar refractivity (Wildman–Crippen MR) is 123 cm³/mol. The zero-order valence-corrected chi connectivity index (χ0v) is 18.8. The van der Waals surface area contributed by atoms with Gasteiger partial charge < -0.3 is 9.88 Å². The van der Waals surface area contributed by atoms with Crippen LogP contribution in [-0.4, -0.2) is 22.0 Å². The highest BCUT2D eigenvalue weighted by molar-refractivity contribution is 6.30. The normalized spacial score (nSPS) is 11.8. The number of halogens is 1. The molecule has 6 heteroatoms. The van der Waals surface area contributed by atoms with Gasteiger partial charge in [0.25, 0.3) is 0 Å². The van der Waals surface area contributed by atoms with Crippen LogP contribution >= 0.6 is 11.6 Å². The molecule has 1 aromatic heterocycles. The lowest BCUT2D eigenvalue weighted by molar-refractivity contribution is -0.129. The molecule has 1 heterocycles. The first-order chi connectivity index (χ1) is 14.7. The lowest BCUT2D eigenvalue weighted by Gasteiger charge is -2.14. The number of rotatable bonds is 7. The zero-order valence-electron chi connectivity index (χ0n) is 18.0. The Balaban J connectivity index is 1.82. The number of anilines is 1. The van der Waals surface area contributed by atoms with Crippen molar-refractivity contribution in [3.63, 3.8) is 0 Å². The van der Waals surface area contributed by atoms with Gasteiger partial charge in [-0.15, -0.1) is 0 Å². The second kappa shape index (κ2) is 9.31. The van der Waals surface area contributed by atoms with Gasteiger partial charge in [-0.1, -0.05) is 29.3 Å². The zero-order chi connectivity index (χ0) is 22.7. The Kier molecular flexibility index (Phi) is 6.76. The molecular weight excluding hydrogens is 412 g/mol. The predicted octanol–water partition coefficient (Wildman–Crippen LogP) is 5.47. The van der Waals surface area contributed by atoms with E-state index in [-0.39, 0.29) is 18.0 Å². The number of ketones is 2. The van der Waals surface area contributed by atoms with Crippen LogP contribution in [0.4, 0.5) is 5.69 Å². The van der Waals surface area contributed by atoms with E-state index >= 15 is 0 Å². The summed E-state index contributed by atoms with van der Waals surface area (Å²) in [6.07, 6.45) is -0.188. The molecule has 2 aromatic carbocycles. The smallest absolute Gasteiger partial charge is 0.235 e. The topological polar surface area (TPSA) is 68.2 Å². The molecule has 0 spiro atoms. The van der Waals surface area contributed by atoms with Gasteiger partial charge in [0.2, 0.25) is 5.91 Å². The van der Waals surface area contributed by atoms with Gasteiger partial charge in [0.1, 0.15) is 11.7 Å². The average Bonchev–Trinajstić information content (AvgIpc) is 3.02. The molecule has 0 aliphatic rings. The number of Topliss-reactive ketones (excluding diaryl/α,β-unsaturated/α-hetero) is 2. The molecular formula is C25H25ClN2O3. The molecule has 3 aromatic rings. The van der Waals surface area contributed by atoms with Gasteiger partial charge in [-0.05, 0) is 70.2 Å². The highest BCUT2D eigenvalue weighted by atomic mass is 35.5. The molecule has 0 saturated heterocycles. The first-order valence-corrected chi connectivity index (χ1v) is 10.4. The Labute approximate surface area is 187 Å². The molecule has 1 amide bonds. The van der Waals surface area contributed by atoms with Crippen molar-refractivity contribution in [3.05, 3.63) is 82.1 Å². The maximum atomic E-state index is 13.1. The van der Waals surface area contributed by atoms with Gasteiger partial charge >= 0.3 is 0 Å². The minimum atomic E-state index is -1.06. The summed E-state index contributed by atoms with van der Waals surface area (Å²) in [5.41, 5.74) is 4.84. The van der Waals surface area contributed by atoms with Gasteiger partial charge in [0, 0.05) is 39.8 Å². The van der Waals surface area contributed by atoms with Crippen molar-refractivity contribution < 1.29 is 14.4 Å². The summed E-state index contributed by atoms with van der Waals surface area (Å²) in [6, 6.07) is 16.4. The molecule has 0 aliphatic heterocycles. The van der Waals surface area contributed by atoms with Gasteiger partial charge in [0.05, 0.1) is 0 Å². The second-order valence-electron chi connectivity index (χ2n) is 7.74. The van der Waals surface area contributed by atoms with Crippen LogP contribution in [0.25, 0.3) is 5.69 Å². The minimum Gasteiger partial charge on any atom is -0.325 e. The van der Waals surface area contributed by atoms with Gasteiger partial charge in [-0.2, -0.15) is 0 Å². The summed E-state index contributed by atoms with van der Waals surface area (Å²) in [6.45, 7) is 7.15. The first-order valence-electron chi connectivity index (χ1n) is 10.0. The van der Waals surface area contributed by atoms with Crippen molar-refractivity contribution in [3.8, 4) is 5.69 Å². The standard InChI is InChI=1S/C25H25ClN2O3/c1-15-5-11-21(12-6-15)28-16(2)13-22(17(28)3)24(30)14-23(18(4)29)25(31)27-20-9-7-19(26)8-10-20/h5-13,23H,14H2,1-4H3,(H,27,31)/t23-/m1/s1. The Morgan fingerprint density at radius 3 is 2.16 bits per heavy atom. The third-order valence-corrected chi connectivity index (χ3v) is 5.58. The summed E-state index contributed by atoms with van der Waals surface area (Å²) in [5.74, 6) is -2.16. The molecule has 31 heavy (non-hydrogen) atoms. The SMILES string of the molecule is CC(=O)[C@@H](CC(=O)c1cc(C)n(-c2ccc(C)cc2)c1C)C(=O)Nc1ccc(Cl)cc1. The number of carbonyl (C=O) groups is 3. The third kappa shape index (κ3) is 5.12. The summed E-state index contributed by atoms with van der Waals surface area (Å²) >= 11 is 5.87. The molecule has 0 radical (unpaired) electrons. The van der Waals surface area contributed by atoms with Crippen LogP contribution in [0.1, 0.15) is 40.7 Å². The molecule has 3 rings (SSSR count). The summed E-state index contributed by atoms with van der Waals surface area (Å²) in [5, 5.41) is 3.24. The van der Waals surface area contributed by atoms with Crippen molar-refractivity contribution in [1.82, 2.24) is 4.57 Å². The van der Waals surface area contributed by atoms with E-state index in [9.17, 15) is 14.4 Å². The van der Waals surface area contributed by atoms with Crippen molar-refractivity contribution in [2.45, 2.75) is 34.1 Å². The third-order valence-electron chi connectivity index (χ3n) is 5.33. The molecule has 1 N–H and O–H groups in total. The Morgan fingerprint density at radius 2 is 1.58 bits per heavy atom. The minimum absolute atomic E-state index is 0.188. The van der Waals surface area contributed by atoms with Crippen LogP contribution < -0.4 is 5.32 Å². The van der Waals surface area contributed by atoms with Crippen molar-refractivity contribution in [1.29, 1.82) is 0 Å². The number of amides is 1. The molecule has 1 atom stereocenters. The fraction of sp³-hybridized carbons (Fsp3) is 0.240. The quantitative estimate of drug-likeness (QED) is 0.394. The van der Waals surface area contributed by atoms with Crippen molar-refractivity contribution >= 4 is 34.8 Å². The number of carbonyl (C=O) groups excluding carboxylic acids is 3. The Morgan fingerprint density at radius 1 is 0.968 bits per heavy atom. The Hall–Kier alpha value is -3.18. The lowest BCUT2D eigenvalue weighted by atomic mass is 9.94. The van der Waals surface area contributed by atoms with Crippen LogP contribution in [0.15, 0.2) is 54.6 Å².